The van der Waals surface area contributed by atoms with Gasteiger partial charge < -0.3 is 0 Å². The fourth-order valence-corrected chi connectivity index (χ4v) is 6.91. The number of benzene rings is 1. The van der Waals surface area contributed by atoms with E-state index in [2.05, 4.69) is 4.72 Å². The molecular formula is C16H22Cl2N2O4S2. The Balaban J connectivity index is 1.59. The van der Waals surface area contributed by atoms with Crippen molar-refractivity contribution in [2.24, 2.45) is 5.92 Å². The highest BCUT2D eigenvalue weighted by atomic mass is 35.5. The summed E-state index contributed by atoms with van der Waals surface area (Å²) in [5.74, 6) is 0.0996. The molecule has 0 unspecified atom stereocenters. The second-order valence-electron chi connectivity index (χ2n) is 6.97. The fraction of sp³-hybridized carbons (Fsp3) is 0.625. The van der Waals surface area contributed by atoms with Gasteiger partial charge in [-0.1, -0.05) is 23.2 Å². The van der Waals surface area contributed by atoms with Crippen molar-refractivity contribution in [1.29, 1.82) is 0 Å². The average molecular weight is 441 g/mol. The van der Waals surface area contributed by atoms with Gasteiger partial charge in [0, 0.05) is 24.7 Å². The zero-order valence-corrected chi connectivity index (χ0v) is 17.6. The van der Waals surface area contributed by atoms with Crippen LogP contribution in [0.4, 0.5) is 0 Å². The molecule has 1 aromatic rings. The summed E-state index contributed by atoms with van der Waals surface area (Å²) in [6, 6.07) is 2.88. The van der Waals surface area contributed by atoms with E-state index in [1.807, 2.05) is 0 Å². The largest absolute Gasteiger partial charge is 0.242 e. The van der Waals surface area contributed by atoms with Gasteiger partial charge in [-0.15, -0.1) is 0 Å². The minimum Gasteiger partial charge on any atom is -0.212 e. The lowest BCUT2D eigenvalue weighted by atomic mass is 9.99. The van der Waals surface area contributed by atoms with Crippen LogP contribution in [0.1, 0.15) is 31.2 Å². The molecule has 146 valence electrons. The van der Waals surface area contributed by atoms with Crippen LogP contribution < -0.4 is 4.72 Å². The average Bonchev–Trinajstić information content (AvgIpc) is 3.42. The molecule has 1 aromatic carbocycles. The summed E-state index contributed by atoms with van der Waals surface area (Å²) in [4.78, 5) is 0.00909. The molecule has 0 bridgehead atoms. The van der Waals surface area contributed by atoms with Crippen molar-refractivity contribution in [3.63, 3.8) is 0 Å². The molecule has 1 N–H and O–H groups in total. The van der Waals surface area contributed by atoms with Gasteiger partial charge in [-0.25, -0.2) is 25.9 Å². The Morgan fingerprint density at radius 1 is 1.04 bits per heavy atom. The first-order valence-corrected chi connectivity index (χ1v) is 12.3. The first-order valence-electron chi connectivity index (χ1n) is 8.55. The van der Waals surface area contributed by atoms with Crippen molar-refractivity contribution in [2.75, 3.05) is 19.6 Å². The van der Waals surface area contributed by atoms with E-state index in [-0.39, 0.29) is 27.6 Å². The van der Waals surface area contributed by atoms with Crippen molar-refractivity contribution in [3.05, 3.63) is 27.7 Å². The molecule has 0 amide bonds. The second kappa shape index (κ2) is 7.56. The molecule has 2 fully saturated rings. The second-order valence-corrected chi connectivity index (χ2v) is 11.7. The Morgan fingerprint density at radius 3 is 2.23 bits per heavy atom. The molecule has 2 aliphatic rings. The summed E-state index contributed by atoms with van der Waals surface area (Å²) in [7, 11) is -6.90. The molecule has 0 radical (unpaired) electrons. The molecule has 1 saturated carbocycles. The van der Waals surface area contributed by atoms with Crippen molar-refractivity contribution in [2.45, 2.75) is 42.8 Å². The molecule has 1 aliphatic heterocycles. The molecule has 1 heterocycles. The van der Waals surface area contributed by atoms with Gasteiger partial charge in [0.25, 0.3) is 0 Å². The van der Waals surface area contributed by atoms with Crippen molar-refractivity contribution >= 4 is 43.2 Å². The predicted octanol–water partition coefficient (Wildman–Crippen LogP) is 2.78. The van der Waals surface area contributed by atoms with Gasteiger partial charge in [0.15, 0.2) is 0 Å². The highest BCUT2D eigenvalue weighted by Gasteiger charge is 2.41. The van der Waals surface area contributed by atoms with Gasteiger partial charge in [-0.2, -0.15) is 0 Å². The number of nitrogens with one attached hydrogen (secondary N) is 1. The van der Waals surface area contributed by atoms with E-state index in [1.54, 1.807) is 11.2 Å². The number of hydrogen-bond acceptors (Lipinski definition) is 4. The minimum absolute atomic E-state index is 0.00909. The Kier molecular flexibility index (Phi) is 5.92. The first kappa shape index (κ1) is 20.4. The number of hydrogen-bond donors (Lipinski definition) is 1. The van der Waals surface area contributed by atoms with Gasteiger partial charge in [0.05, 0.1) is 10.3 Å². The van der Waals surface area contributed by atoms with E-state index in [0.717, 1.165) is 12.8 Å². The van der Waals surface area contributed by atoms with Crippen LogP contribution in [0.3, 0.4) is 0 Å². The number of rotatable bonds is 6. The molecule has 0 aromatic heterocycles. The Hall–Kier alpha value is -0.380. The fourth-order valence-electron chi connectivity index (χ4n) is 3.09. The zero-order chi connectivity index (χ0) is 19.1. The van der Waals surface area contributed by atoms with Crippen LogP contribution in [0.25, 0.3) is 0 Å². The van der Waals surface area contributed by atoms with Gasteiger partial charge in [-0.3, -0.25) is 0 Å². The summed E-state index contributed by atoms with van der Waals surface area (Å²) >= 11 is 12.0. The van der Waals surface area contributed by atoms with E-state index in [0.29, 0.717) is 36.5 Å². The van der Waals surface area contributed by atoms with E-state index in [1.165, 1.54) is 12.1 Å². The Bertz CT molecular complexity index is 891. The smallest absolute Gasteiger partial charge is 0.212 e. The van der Waals surface area contributed by atoms with Crippen LogP contribution in [0, 0.1) is 12.8 Å². The summed E-state index contributed by atoms with van der Waals surface area (Å²) in [5, 5.41) is 0.296. The third-order valence-corrected chi connectivity index (χ3v) is 9.64. The number of piperidine rings is 1. The summed E-state index contributed by atoms with van der Waals surface area (Å²) in [5.41, 5.74) is 0.634. The van der Waals surface area contributed by atoms with Crippen LogP contribution >= 0.6 is 23.2 Å². The highest BCUT2D eigenvalue weighted by molar-refractivity contribution is 7.90. The third kappa shape index (κ3) is 4.36. The predicted molar refractivity (Wildman–Crippen MR) is 103 cm³/mol. The highest BCUT2D eigenvalue weighted by Crippen LogP contribution is 2.33. The molecule has 26 heavy (non-hydrogen) atoms. The molecule has 0 spiro atoms. The van der Waals surface area contributed by atoms with Crippen LogP contribution in [-0.4, -0.2) is 46.0 Å². The molecule has 10 heteroatoms. The van der Waals surface area contributed by atoms with Crippen LogP contribution in [0.5, 0.6) is 0 Å². The van der Waals surface area contributed by atoms with Crippen LogP contribution in [-0.2, 0) is 20.0 Å². The molecule has 1 aliphatic carbocycles. The maximum absolute atomic E-state index is 12.5. The zero-order valence-electron chi connectivity index (χ0n) is 14.4. The van der Waals surface area contributed by atoms with E-state index in [9.17, 15) is 16.8 Å². The van der Waals surface area contributed by atoms with Gasteiger partial charge in [-0.05, 0) is 56.2 Å². The normalized spacial score (nSPS) is 20.4. The molecule has 3 rings (SSSR count). The van der Waals surface area contributed by atoms with Crippen molar-refractivity contribution in [1.82, 2.24) is 9.03 Å². The maximum Gasteiger partial charge on any atom is 0.242 e. The van der Waals surface area contributed by atoms with Gasteiger partial charge >= 0.3 is 0 Å². The number of nitrogens with zero attached hydrogens (tertiary/aromatic N) is 1. The molecule has 0 atom stereocenters. The SMILES string of the molecule is Cc1cc(S(=O)(=O)NCC2CCN(S(=O)(=O)C3CC3)CC2)c(Cl)cc1Cl. The van der Waals surface area contributed by atoms with E-state index < -0.39 is 20.0 Å². The lowest BCUT2D eigenvalue weighted by Crippen LogP contribution is -2.42. The minimum atomic E-state index is -3.75. The quantitative estimate of drug-likeness (QED) is 0.736. The Labute approximate surface area is 165 Å². The number of aryl methyl sites for hydroxylation is 1. The monoisotopic (exact) mass is 440 g/mol. The van der Waals surface area contributed by atoms with E-state index in [4.69, 9.17) is 23.2 Å². The van der Waals surface area contributed by atoms with E-state index >= 15 is 0 Å². The van der Waals surface area contributed by atoms with Crippen LogP contribution in [0.2, 0.25) is 10.0 Å². The standard InChI is InChI=1S/C16H22Cl2N2O4S2/c1-11-8-16(15(18)9-14(11)17)25(21,22)19-10-12-4-6-20(7-5-12)26(23,24)13-2-3-13/h8-9,12-13,19H,2-7,10H2,1H3. The number of halogens is 2. The van der Waals surface area contributed by atoms with Crippen molar-refractivity contribution in [3.8, 4) is 0 Å². The topological polar surface area (TPSA) is 83.6 Å². The van der Waals surface area contributed by atoms with Gasteiger partial charge in [0.2, 0.25) is 20.0 Å². The lowest BCUT2D eigenvalue weighted by Gasteiger charge is -2.31. The molecule has 1 saturated heterocycles. The summed E-state index contributed by atoms with van der Waals surface area (Å²) in [6.45, 7) is 2.88. The van der Waals surface area contributed by atoms with Crippen LogP contribution in [0.15, 0.2) is 17.0 Å². The first-order chi connectivity index (χ1) is 12.1. The summed E-state index contributed by atoms with van der Waals surface area (Å²) in [6.07, 6.45) is 2.79. The van der Waals surface area contributed by atoms with Gasteiger partial charge in [0.1, 0.15) is 4.90 Å². The summed E-state index contributed by atoms with van der Waals surface area (Å²) < 4.78 is 53.7. The molecule has 6 nitrogen and oxygen atoms in total. The number of sulfonamides is 2. The maximum atomic E-state index is 12.5. The third-order valence-electron chi connectivity index (χ3n) is 4.94. The molecular weight excluding hydrogens is 419 g/mol. The lowest BCUT2D eigenvalue weighted by molar-refractivity contribution is 0.274. The van der Waals surface area contributed by atoms with Crippen molar-refractivity contribution < 1.29 is 16.8 Å². The Morgan fingerprint density at radius 2 is 1.65 bits per heavy atom.